The molecule has 0 bridgehead atoms. The largest absolute Gasteiger partial charge is 0.371 e. The van der Waals surface area contributed by atoms with Crippen molar-refractivity contribution in [1.82, 2.24) is 5.48 Å². The van der Waals surface area contributed by atoms with Crippen LogP contribution in [0.3, 0.4) is 0 Å². The Morgan fingerprint density at radius 1 is 0.938 bits per heavy atom. The Kier molecular flexibility index (Phi) is 12.1. The number of rotatable bonds is 11. The summed E-state index contributed by atoms with van der Waals surface area (Å²) in [6, 6.07) is 0. The quantitative estimate of drug-likeness (QED) is 0.434. The van der Waals surface area contributed by atoms with Crippen LogP contribution in [0, 0.1) is 0 Å². The minimum absolute atomic E-state index is 0.181. The highest BCUT2D eigenvalue weighted by Gasteiger charge is 1.96. The standard InChI is InChI=1S/C13H27NO2/c1-3-5-6-7-8-9-10-11-12-14-16-13(15)4-2/h14H,3-12H2,1-2H3. The zero-order chi connectivity index (χ0) is 12.1. The normalized spacial score (nSPS) is 10.4. The van der Waals surface area contributed by atoms with Gasteiger partial charge in [-0.2, -0.15) is 5.48 Å². The van der Waals surface area contributed by atoms with Crippen LogP contribution < -0.4 is 5.48 Å². The van der Waals surface area contributed by atoms with E-state index in [-0.39, 0.29) is 5.97 Å². The molecule has 0 unspecified atom stereocenters. The smallest absolute Gasteiger partial charge is 0.324 e. The third-order valence-electron chi connectivity index (χ3n) is 2.61. The molecule has 0 radical (unpaired) electrons. The van der Waals surface area contributed by atoms with Gasteiger partial charge in [-0.25, -0.2) is 0 Å². The summed E-state index contributed by atoms with van der Waals surface area (Å²) in [4.78, 5) is 15.5. The van der Waals surface area contributed by atoms with E-state index < -0.39 is 0 Å². The monoisotopic (exact) mass is 229 g/mol. The predicted octanol–water partition coefficient (Wildman–Crippen LogP) is 3.58. The third kappa shape index (κ3) is 11.5. The lowest BCUT2D eigenvalue weighted by Gasteiger charge is -2.04. The molecule has 0 heterocycles. The van der Waals surface area contributed by atoms with Crippen LogP contribution in [-0.2, 0) is 9.63 Å². The Bertz CT molecular complexity index is 160. The van der Waals surface area contributed by atoms with Crippen molar-refractivity contribution < 1.29 is 9.63 Å². The van der Waals surface area contributed by atoms with Gasteiger partial charge in [0.15, 0.2) is 0 Å². The van der Waals surface area contributed by atoms with Crippen LogP contribution in [0.4, 0.5) is 0 Å². The molecule has 96 valence electrons. The van der Waals surface area contributed by atoms with Crippen LogP contribution in [0.15, 0.2) is 0 Å². The molecule has 0 spiro atoms. The summed E-state index contributed by atoms with van der Waals surface area (Å²) in [5, 5.41) is 0. The van der Waals surface area contributed by atoms with Gasteiger partial charge in [-0.15, -0.1) is 0 Å². The van der Waals surface area contributed by atoms with Crippen molar-refractivity contribution >= 4 is 5.97 Å². The first-order valence-electron chi connectivity index (χ1n) is 6.73. The van der Waals surface area contributed by atoms with E-state index in [0.29, 0.717) is 6.42 Å². The average Bonchev–Trinajstić information content (AvgIpc) is 2.31. The van der Waals surface area contributed by atoms with E-state index in [9.17, 15) is 4.79 Å². The molecular weight excluding hydrogens is 202 g/mol. The fourth-order valence-electron chi connectivity index (χ4n) is 1.53. The first-order valence-corrected chi connectivity index (χ1v) is 6.73. The van der Waals surface area contributed by atoms with Crippen LogP contribution in [0.25, 0.3) is 0 Å². The van der Waals surface area contributed by atoms with Gasteiger partial charge in [0.05, 0.1) is 0 Å². The van der Waals surface area contributed by atoms with Gasteiger partial charge in [-0.3, -0.25) is 4.79 Å². The van der Waals surface area contributed by atoms with Crippen molar-refractivity contribution in [1.29, 1.82) is 0 Å². The van der Waals surface area contributed by atoms with E-state index in [1.807, 2.05) is 0 Å². The molecule has 0 aliphatic heterocycles. The Hall–Kier alpha value is -0.570. The van der Waals surface area contributed by atoms with Crippen LogP contribution in [0.2, 0.25) is 0 Å². The molecule has 0 fully saturated rings. The second kappa shape index (κ2) is 12.5. The molecule has 16 heavy (non-hydrogen) atoms. The van der Waals surface area contributed by atoms with E-state index in [1.165, 1.54) is 44.9 Å². The van der Waals surface area contributed by atoms with Crippen molar-refractivity contribution in [3.63, 3.8) is 0 Å². The maximum atomic E-state index is 10.8. The van der Waals surface area contributed by atoms with Gasteiger partial charge in [-0.1, -0.05) is 58.8 Å². The van der Waals surface area contributed by atoms with Gasteiger partial charge >= 0.3 is 5.97 Å². The average molecular weight is 229 g/mol. The first-order chi connectivity index (χ1) is 7.81. The summed E-state index contributed by atoms with van der Waals surface area (Å²) >= 11 is 0. The molecule has 0 rings (SSSR count). The Morgan fingerprint density at radius 3 is 2.06 bits per heavy atom. The van der Waals surface area contributed by atoms with Crippen LogP contribution in [0.1, 0.15) is 71.6 Å². The highest BCUT2D eigenvalue weighted by Crippen LogP contribution is 2.07. The summed E-state index contributed by atoms with van der Waals surface area (Å²) in [5.41, 5.74) is 2.70. The second-order valence-electron chi connectivity index (χ2n) is 4.20. The molecule has 0 atom stereocenters. The molecule has 0 aromatic heterocycles. The number of hydrogen-bond donors (Lipinski definition) is 1. The molecule has 3 nitrogen and oxygen atoms in total. The van der Waals surface area contributed by atoms with Gasteiger partial charge in [0, 0.05) is 13.0 Å². The van der Waals surface area contributed by atoms with Gasteiger partial charge < -0.3 is 4.84 Å². The maximum absolute atomic E-state index is 10.8. The van der Waals surface area contributed by atoms with Crippen molar-refractivity contribution in [2.24, 2.45) is 0 Å². The van der Waals surface area contributed by atoms with Crippen molar-refractivity contribution in [2.75, 3.05) is 6.54 Å². The molecule has 0 amide bonds. The number of carbonyl (C=O) groups is 1. The predicted molar refractivity (Wildman–Crippen MR) is 67.0 cm³/mol. The number of hydrogen-bond acceptors (Lipinski definition) is 3. The summed E-state index contributed by atoms with van der Waals surface area (Å²) < 4.78 is 0. The Labute approximate surface area is 99.9 Å². The lowest BCUT2D eigenvalue weighted by molar-refractivity contribution is -0.150. The third-order valence-corrected chi connectivity index (χ3v) is 2.61. The molecule has 0 aromatic rings. The Morgan fingerprint density at radius 2 is 1.50 bits per heavy atom. The lowest BCUT2D eigenvalue weighted by Crippen LogP contribution is -2.20. The highest BCUT2D eigenvalue weighted by molar-refractivity contribution is 5.68. The van der Waals surface area contributed by atoms with Crippen molar-refractivity contribution in [3.8, 4) is 0 Å². The summed E-state index contributed by atoms with van der Waals surface area (Å²) in [6.45, 7) is 4.81. The number of nitrogens with one attached hydrogen (secondary N) is 1. The lowest BCUT2D eigenvalue weighted by atomic mass is 10.1. The van der Waals surface area contributed by atoms with Crippen LogP contribution >= 0.6 is 0 Å². The summed E-state index contributed by atoms with van der Waals surface area (Å²) in [7, 11) is 0. The molecule has 0 saturated heterocycles. The van der Waals surface area contributed by atoms with Gasteiger partial charge in [0.1, 0.15) is 0 Å². The number of carbonyl (C=O) groups excluding carboxylic acids is 1. The molecule has 0 aliphatic rings. The fraction of sp³-hybridized carbons (Fsp3) is 0.923. The zero-order valence-electron chi connectivity index (χ0n) is 10.9. The number of hydroxylamine groups is 1. The molecule has 0 aromatic carbocycles. The van der Waals surface area contributed by atoms with Gasteiger partial charge in [0.2, 0.25) is 0 Å². The van der Waals surface area contributed by atoms with E-state index in [1.54, 1.807) is 6.92 Å². The molecule has 1 N–H and O–H groups in total. The first kappa shape index (κ1) is 15.4. The number of unbranched alkanes of at least 4 members (excludes halogenated alkanes) is 7. The SMILES string of the molecule is CCCCCCCCCCNOC(=O)CC. The Balaban J connectivity index is 2.96. The topological polar surface area (TPSA) is 38.3 Å². The highest BCUT2D eigenvalue weighted by atomic mass is 16.7. The molecule has 3 heteroatoms. The summed E-state index contributed by atoms with van der Waals surface area (Å²) in [5.74, 6) is -0.181. The fourth-order valence-corrected chi connectivity index (χ4v) is 1.53. The van der Waals surface area contributed by atoms with E-state index >= 15 is 0 Å². The minimum atomic E-state index is -0.181. The van der Waals surface area contributed by atoms with Crippen LogP contribution in [0.5, 0.6) is 0 Å². The summed E-state index contributed by atoms with van der Waals surface area (Å²) in [6.07, 6.45) is 10.8. The van der Waals surface area contributed by atoms with E-state index in [0.717, 1.165) is 13.0 Å². The molecule has 0 aliphatic carbocycles. The molecular formula is C13H27NO2. The van der Waals surface area contributed by atoms with Gasteiger partial charge in [-0.05, 0) is 6.42 Å². The van der Waals surface area contributed by atoms with Gasteiger partial charge in [0.25, 0.3) is 0 Å². The van der Waals surface area contributed by atoms with Crippen molar-refractivity contribution in [2.45, 2.75) is 71.6 Å². The van der Waals surface area contributed by atoms with Crippen LogP contribution in [-0.4, -0.2) is 12.5 Å². The zero-order valence-corrected chi connectivity index (χ0v) is 10.9. The second-order valence-corrected chi connectivity index (χ2v) is 4.20. The van der Waals surface area contributed by atoms with E-state index in [2.05, 4.69) is 12.4 Å². The maximum Gasteiger partial charge on any atom is 0.324 e. The van der Waals surface area contributed by atoms with Crippen molar-refractivity contribution in [3.05, 3.63) is 0 Å². The molecule has 0 saturated carbocycles. The minimum Gasteiger partial charge on any atom is -0.371 e. The van der Waals surface area contributed by atoms with E-state index in [4.69, 9.17) is 4.84 Å².